The number of rotatable bonds is 4. The van der Waals surface area contributed by atoms with Crippen molar-refractivity contribution in [3.63, 3.8) is 0 Å². The number of hydrogen-bond acceptors (Lipinski definition) is 2. The third-order valence-electron chi connectivity index (χ3n) is 10.6. The summed E-state index contributed by atoms with van der Waals surface area (Å²) < 4.78 is 12.1. The standard InChI is InChI=1S/C41H36N2O3/c1-2-43-35-17-6-5-12-28(35)33-23-25(18-19-36(33)43)22-27-10-7-15-31-37(29-13-3-4-14-30(29)41(44)45)34-24-26-11-8-20-42-21-9-16-32(38(26)42)40(34)46-39(27)31/h3-6,12-14,17-19,22-24H,2,7-11,15-16,20-21H2,1H3/p+1. The van der Waals surface area contributed by atoms with Crippen molar-refractivity contribution >= 4 is 39.4 Å². The molecule has 0 radical (unpaired) electrons. The van der Waals surface area contributed by atoms with Crippen LogP contribution in [0.1, 0.15) is 71.6 Å². The lowest BCUT2D eigenvalue weighted by Gasteiger charge is -2.32. The van der Waals surface area contributed by atoms with Crippen LogP contribution in [0, 0.1) is 0 Å². The van der Waals surface area contributed by atoms with Crippen molar-refractivity contribution in [3.05, 3.63) is 128 Å². The second-order valence-corrected chi connectivity index (χ2v) is 13.1. The number of aromatic nitrogens is 1. The number of aryl methyl sites for hydroxylation is 2. The van der Waals surface area contributed by atoms with E-state index in [4.69, 9.17) is 4.74 Å². The van der Waals surface area contributed by atoms with Crippen LogP contribution in [0.3, 0.4) is 0 Å². The molecule has 5 heteroatoms. The lowest BCUT2D eigenvalue weighted by molar-refractivity contribution is 0.0696. The smallest absolute Gasteiger partial charge is 0.336 e. The van der Waals surface area contributed by atoms with Gasteiger partial charge in [-0.3, -0.25) is 0 Å². The summed E-state index contributed by atoms with van der Waals surface area (Å²) in [6.45, 7) is 5.31. The van der Waals surface area contributed by atoms with E-state index in [0.717, 1.165) is 104 Å². The van der Waals surface area contributed by atoms with Crippen LogP contribution in [0.4, 0.5) is 0 Å². The molecule has 4 heterocycles. The van der Waals surface area contributed by atoms with Crippen LogP contribution in [-0.2, 0) is 19.4 Å². The van der Waals surface area contributed by atoms with Crippen LogP contribution in [0.25, 0.3) is 33.5 Å². The second kappa shape index (κ2) is 10.6. The van der Waals surface area contributed by atoms with Gasteiger partial charge in [0.2, 0.25) is 5.36 Å². The van der Waals surface area contributed by atoms with Gasteiger partial charge in [-0.1, -0.05) is 42.5 Å². The molecule has 0 unspecified atom stereocenters. The first-order chi connectivity index (χ1) is 22.6. The number of ether oxygens (including phenoxy) is 1. The molecule has 0 spiro atoms. The second-order valence-electron chi connectivity index (χ2n) is 13.1. The Bertz CT molecular complexity index is 2330. The van der Waals surface area contributed by atoms with Crippen LogP contribution in [0.5, 0.6) is 5.75 Å². The van der Waals surface area contributed by atoms with Crippen molar-refractivity contribution in [3.8, 4) is 5.75 Å². The third-order valence-corrected chi connectivity index (χ3v) is 10.6. The van der Waals surface area contributed by atoms with Gasteiger partial charge in [0.15, 0.2) is 0 Å². The molecule has 0 saturated carbocycles. The highest BCUT2D eigenvalue weighted by Crippen LogP contribution is 2.43. The number of nitrogens with zero attached hydrogens (tertiary/aromatic N) is 2. The molecule has 0 bridgehead atoms. The minimum Gasteiger partial charge on any atom is -0.478 e. The number of allylic oxidation sites excluding steroid dienone is 2. The lowest BCUT2D eigenvalue weighted by atomic mass is 9.80. The van der Waals surface area contributed by atoms with E-state index < -0.39 is 5.97 Å². The highest BCUT2D eigenvalue weighted by Gasteiger charge is 2.35. The fourth-order valence-electron chi connectivity index (χ4n) is 8.68. The number of aromatic carboxylic acids is 1. The van der Waals surface area contributed by atoms with Gasteiger partial charge in [0.1, 0.15) is 24.6 Å². The maximum atomic E-state index is 12.6. The summed E-state index contributed by atoms with van der Waals surface area (Å²) in [6.07, 6.45) is 9.37. The molecule has 1 aromatic heterocycles. The Hall–Kier alpha value is -4.90. The number of carboxylic acids is 1. The van der Waals surface area contributed by atoms with E-state index in [1.807, 2.05) is 18.2 Å². The summed E-state index contributed by atoms with van der Waals surface area (Å²) in [4.78, 5) is 12.6. The molecule has 0 atom stereocenters. The zero-order valence-electron chi connectivity index (χ0n) is 26.2. The Morgan fingerprint density at radius 3 is 2.57 bits per heavy atom. The Balaban J connectivity index is 1.30. The molecule has 0 amide bonds. The van der Waals surface area contributed by atoms with Crippen molar-refractivity contribution < 1.29 is 14.6 Å². The molecule has 1 aliphatic carbocycles. The molecular formula is C41H37N2O3+. The van der Waals surface area contributed by atoms with Crippen LogP contribution in [0.15, 0.2) is 89.7 Å². The number of fused-ring (bicyclic) bond motifs is 5. The van der Waals surface area contributed by atoms with Gasteiger partial charge in [-0.2, -0.15) is 0 Å². The highest BCUT2D eigenvalue weighted by molar-refractivity contribution is 6.08. The Kier molecular flexibility index (Phi) is 6.31. The molecule has 46 heavy (non-hydrogen) atoms. The number of benzene rings is 4. The highest BCUT2D eigenvalue weighted by atomic mass is 16.5. The van der Waals surface area contributed by atoms with E-state index in [9.17, 15) is 9.90 Å². The van der Waals surface area contributed by atoms with Crippen LogP contribution >= 0.6 is 0 Å². The average Bonchev–Trinajstić information content (AvgIpc) is 3.41. The fraction of sp³-hybridized carbons (Fsp3) is 0.268. The number of carboxylic acid groups (broad SMARTS) is 1. The molecule has 0 saturated heterocycles. The fourth-order valence-corrected chi connectivity index (χ4v) is 8.68. The number of hydrogen-bond donors (Lipinski definition) is 1. The summed E-state index contributed by atoms with van der Waals surface area (Å²) in [6, 6.07) is 25.3. The molecular weight excluding hydrogens is 568 g/mol. The maximum Gasteiger partial charge on any atom is 0.336 e. The van der Waals surface area contributed by atoms with Gasteiger partial charge in [0.25, 0.3) is 0 Å². The molecule has 5 aromatic rings. The summed E-state index contributed by atoms with van der Waals surface area (Å²) in [5, 5.41) is 15.3. The normalized spacial score (nSPS) is 18.1. The first-order valence-corrected chi connectivity index (χ1v) is 16.9. The van der Waals surface area contributed by atoms with Gasteiger partial charge in [-0.05, 0) is 92.1 Å². The summed E-state index contributed by atoms with van der Waals surface area (Å²) in [7, 11) is 0. The average molecular weight is 606 g/mol. The first kappa shape index (κ1) is 27.4. The third kappa shape index (κ3) is 4.07. The molecule has 5 nitrogen and oxygen atoms in total. The molecule has 4 aromatic carbocycles. The van der Waals surface area contributed by atoms with E-state index in [2.05, 4.69) is 70.7 Å². The van der Waals surface area contributed by atoms with Crippen LogP contribution in [-0.4, -0.2) is 28.7 Å². The van der Waals surface area contributed by atoms with Crippen LogP contribution < -0.4 is 19.9 Å². The van der Waals surface area contributed by atoms with E-state index in [1.165, 1.54) is 43.9 Å². The predicted molar refractivity (Wildman–Crippen MR) is 184 cm³/mol. The van der Waals surface area contributed by atoms with E-state index in [1.54, 1.807) is 6.07 Å². The predicted octanol–water partition coefficient (Wildman–Crippen LogP) is 7.01. The van der Waals surface area contributed by atoms with E-state index >= 15 is 0 Å². The topological polar surface area (TPSA) is 54.5 Å². The van der Waals surface area contributed by atoms with E-state index in [0.29, 0.717) is 5.56 Å². The van der Waals surface area contributed by atoms with E-state index in [-0.39, 0.29) is 0 Å². The van der Waals surface area contributed by atoms with Crippen LogP contribution in [0.2, 0.25) is 0 Å². The number of carbonyl (C=O) groups is 1. The SMILES string of the molecule is CCn1c2ccccc2c2cc(/C=C3\CCCC4=C3Oc3c5c6c(cc3=C4c3ccccc3C(=O)O)CCC[N+]=6CCC5)ccc21. The summed E-state index contributed by atoms with van der Waals surface area (Å²) in [5.74, 6) is 0.970. The summed E-state index contributed by atoms with van der Waals surface area (Å²) in [5.41, 5.74) is 10.9. The Morgan fingerprint density at radius 2 is 1.70 bits per heavy atom. The summed E-state index contributed by atoms with van der Waals surface area (Å²) >= 11 is 0. The minimum absolute atomic E-state index is 0.346. The number of para-hydroxylation sites is 1. The quantitative estimate of drug-likeness (QED) is 0.224. The maximum absolute atomic E-state index is 12.6. The van der Waals surface area contributed by atoms with Gasteiger partial charge in [0.05, 0.1) is 11.1 Å². The Labute approximate surface area is 268 Å². The van der Waals surface area contributed by atoms with Gasteiger partial charge < -0.3 is 14.4 Å². The monoisotopic (exact) mass is 605 g/mol. The van der Waals surface area contributed by atoms with Gasteiger partial charge in [-0.15, -0.1) is 0 Å². The van der Waals surface area contributed by atoms with Crippen molar-refractivity contribution in [2.45, 2.75) is 58.4 Å². The zero-order valence-corrected chi connectivity index (χ0v) is 26.2. The minimum atomic E-state index is -0.894. The Morgan fingerprint density at radius 1 is 0.891 bits per heavy atom. The van der Waals surface area contributed by atoms with Crippen molar-refractivity contribution in [1.82, 2.24) is 9.14 Å². The molecule has 3 aliphatic heterocycles. The molecule has 228 valence electrons. The lowest BCUT2D eigenvalue weighted by Crippen LogP contribution is -2.45. The molecule has 1 N–H and O–H groups in total. The van der Waals surface area contributed by atoms with Gasteiger partial charge in [0, 0.05) is 63.1 Å². The van der Waals surface area contributed by atoms with Crippen molar-refractivity contribution in [2.24, 2.45) is 0 Å². The zero-order chi connectivity index (χ0) is 30.9. The van der Waals surface area contributed by atoms with Crippen molar-refractivity contribution in [2.75, 3.05) is 13.1 Å². The molecule has 0 fully saturated rings. The largest absolute Gasteiger partial charge is 0.478 e. The molecule has 9 rings (SSSR count). The van der Waals surface area contributed by atoms with Crippen molar-refractivity contribution in [1.29, 1.82) is 0 Å². The molecule has 4 aliphatic rings. The first-order valence-electron chi connectivity index (χ1n) is 16.9. The van der Waals surface area contributed by atoms with Gasteiger partial charge >= 0.3 is 5.97 Å². The van der Waals surface area contributed by atoms with Gasteiger partial charge in [-0.25, -0.2) is 9.37 Å².